The molecule has 3 rings (SSSR count). The minimum Gasteiger partial charge on any atom is -0.443 e. The van der Waals surface area contributed by atoms with Gasteiger partial charge in [0, 0.05) is 11.6 Å². The van der Waals surface area contributed by atoms with Gasteiger partial charge in [-0.1, -0.05) is 30.3 Å². The standard InChI is InChI=1S/C20H19FN2O2/c1-14(7-8-15-5-3-2-4-6-15)23-20(24)18-19(25-13-22-18)16-9-11-17(21)12-10-16/h2-6,9-14H,7-8H2,1H3,(H,23,24). The zero-order valence-corrected chi connectivity index (χ0v) is 13.9. The average Bonchev–Trinajstić information content (AvgIpc) is 3.11. The Morgan fingerprint density at radius 1 is 1.16 bits per heavy atom. The molecule has 0 saturated carbocycles. The lowest BCUT2D eigenvalue weighted by atomic mass is 10.1. The van der Waals surface area contributed by atoms with E-state index >= 15 is 0 Å². The highest BCUT2D eigenvalue weighted by molar-refractivity contribution is 5.97. The first-order valence-electron chi connectivity index (χ1n) is 8.17. The molecule has 0 bridgehead atoms. The van der Waals surface area contributed by atoms with Crippen LogP contribution in [-0.2, 0) is 6.42 Å². The summed E-state index contributed by atoms with van der Waals surface area (Å²) in [7, 11) is 0. The van der Waals surface area contributed by atoms with Gasteiger partial charge < -0.3 is 9.73 Å². The van der Waals surface area contributed by atoms with Crippen LogP contribution in [0.25, 0.3) is 11.3 Å². The normalized spacial score (nSPS) is 11.9. The number of aromatic nitrogens is 1. The van der Waals surface area contributed by atoms with E-state index in [1.165, 1.54) is 24.1 Å². The summed E-state index contributed by atoms with van der Waals surface area (Å²) in [6, 6.07) is 15.9. The summed E-state index contributed by atoms with van der Waals surface area (Å²) in [5.74, 6) is -0.301. The number of carbonyl (C=O) groups excluding carboxylic acids is 1. The highest BCUT2D eigenvalue weighted by atomic mass is 19.1. The second-order valence-corrected chi connectivity index (χ2v) is 5.94. The Balaban J connectivity index is 1.63. The minimum atomic E-state index is -0.344. The number of hydrogen-bond donors (Lipinski definition) is 1. The van der Waals surface area contributed by atoms with Crippen molar-refractivity contribution in [2.75, 3.05) is 0 Å². The lowest BCUT2D eigenvalue weighted by Gasteiger charge is -2.13. The highest BCUT2D eigenvalue weighted by Gasteiger charge is 2.19. The summed E-state index contributed by atoms with van der Waals surface area (Å²) >= 11 is 0. The molecule has 5 heteroatoms. The van der Waals surface area contributed by atoms with Gasteiger partial charge in [0.05, 0.1) is 0 Å². The summed E-state index contributed by atoms with van der Waals surface area (Å²) in [6.07, 6.45) is 2.92. The van der Waals surface area contributed by atoms with Gasteiger partial charge in [-0.15, -0.1) is 0 Å². The molecular weight excluding hydrogens is 319 g/mol. The smallest absolute Gasteiger partial charge is 0.274 e. The number of halogens is 1. The van der Waals surface area contributed by atoms with E-state index in [-0.39, 0.29) is 23.5 Å². The van der Waals surface area contributed by atoms with E-state index in [2.05, 4.69) is 22.4 Å². The number of nitrogens with zero attached hydrogens (tertiary/aromatic N) is 1. The third-order valence-electron chi connectivity index (χ3n) is 3.98. The number of carbonyl (C=O) groups is 1. The van der Waals surface area contributed by atoms with Gasteiger partial charge in [-0.3, -0.25) is 4.79 Å². The van der Waals surface area contributed by atoms with Gasteiger partial charge in [0.25, 0.3) is 5.91 Å². The Labute approximate surface area is 145 Å². The van der Waals surface area contributed by atoms with Crippen molar-refractivity contribution in [3.8, 4) is 11.3 Å². The molecule has 0 aliphatic rings. The Hall–Kier alpha value is -2.95. The molecule has 0 spiro atoms. The van der Waals surface area contributed by atoms with Crippen LogP contribution in [0.2, 0.25) is 0 Å². The van der Waals surface area contributed by atoms with Gasteiger partial charge in [-0.05, 0) is 49.6 Å². The van der Waals surface area contributed by atoms with Crippen LogP contribution in [0.15, 0.2) is 65.4 Å². The number of oxazole rings is 1. The zero-order valence-electron chi connectivity index (χ0n) is 13.9. The van der Waals surface area contributed by atoms with Gasteiger partial charge in [0.1, 0.15) is 5.82 Å². The Morgan fingerprint density at radius 3 is 2.60 bits per heavy atom. The molecule has 1 unspecified atom stereocenters. The predicted molar refractivity (Wildman–Crippen MR) is 93.6 cm³/mol. The molecule has 1 aromatic heterocycles. The van der Waals surface area contributed by atoms with Crippen LogP contribution >= 0.6 is 0 Å². The topological polar surface area (TPSA) is 55.1 Å². The zero-order chi connectivity index (χ0) is 17.6. The van der Waals surface area contributed by atoms with Gasteiger partial charge in [0.15, 0.2) is 17.8 Å². The second-order valence-electron chi connectivity index (χ2n) is 5.94. The van der Waals surface area contributed by atoms with Crippen LogP contribution < -0.4 is 5.32 Å². The molecule has 4 nitrogen and oxygen atoms in total. The van der Waals surface area contributed by atoms with Crippen molar-refractivity contribution in [3.05, 3.63) is 78.1 Å². The van der Waals surface area contributed by atoms with Crippen LogP contribution in [0.3, 0.4) is 0 Å². The average molecular weight is 338 g/mol. The maximum atomic E-state index is 13.1. The summed E-state index contributed by atoms with van der Waals surface area (Å²) in [6.45, 7) is 1.96. The van der Waals surface area contributed by atoms with Gasteiger partial charge >= 0.3 is 0 Å². The molecule has 2 aromatic carbocycles. The molecule has 0 radical (unpaired) electrons. The van der Waals surface area contributed by atoms with Crippen LogP contribution in [-0.4, -0.2) is 16.9 Å². The van der Waals surface area contributed by atoms with E-state index in [1.54, 1.807) is 12.1 Å². The van der Waals surface area contributed by atoms with Crippen LogP contribution in [0.4, 0.5) is 4.39 Å². The molecule has 0 fully saturated rings. The van der Waals surface area contributed by atoms with Crippen molar-refractivity contribution < 1.29 is 13.6 Å². The third kappa shape index (κ3) is 4.32. The van der Waals surface area contributed by atoms with E-state index in [0.717, 1.165) is 12.8 Å². The largest absolute Gasteiger partial charge is 0.443 e. The third-order valence-corrected chi connectivity index (χ3v) is 3.98. The van der Waals surface area contributed by atoms with Crippen LogP contribution in [0, 0.1) is 5.82 Å². The number of amides is 1. The Bertz CT molecular complexity index is 828. The molecule has 3 aromatic rings. The quantitative estimate of drug-likeness (QED) is 0.732. The van der Waals surface area contributed by atoms with Gasteiger partial charge in [-0.25, -0.2) is 9.37 Å². The summed E-state index contributed by atoms with van der Waals surface area (Å²) in [4.78, 5) is 16.5. The molecule has 1 atom stereocenters. The molecule has 25 heavy (non-hydrogen) atoms. The van der Waals surface area contributed by atoms with E-state index < -0.39 is 0 Å². The van der Waals surface area contributed by atoms with Gasteiger partial charge in [0.2, 0.25) is 0 Å². The first-order valence-corrected chi connectivity index (χ1v) is 8.17. The number of rotatable bonds is 6. The summed E-state index contributed by atoms with van der Waals surface area (Å²) in [5.41, 5.74) is 2.05. The number of benzene rings is 2. The van der Waals surface area contributed by atoms with E-state index in [4.69, 9.17) is 4.42 Å². The predicted octanol–water partition coefficient (Wildman–Crippen LogP) is 4.23. The van der Waals surface area contributed by atoms with Crippen molar-refractivity contribution >= 4 is 5.91 Å². The van der Waals surface area contributed by atoms with Crippen LogP contribution in [0.1, 0.15) is 29.4 Å². The Kier molecular flexibility index (Phi) is 5.23. The fourth-order valence-electron chi connectivity index (χ4n) is 2.61. The molecule has 1 heterocycles. The Morgan fingerprint density at radius 2 is 1.88 bits per heavy atom. The first-order chi connectivity index (χ1) is 12.1. The van der Waals surface area contributed by atoms with Crippen molar-refractivity contribution in [2.45, 2.75) is 25.8 Å². The van der Waals surface area contributed by atoms with Gasteiger partial charge in [-0.2, -0.15) is 0 Å². The monoisotopic (exact) mass is 338 g/mol. The lowest BCUT2D eigenvalue weighted by Crippen LogP contribution is -2.33. The van der Waals surface area contributed by atoms with E-state index in [0.29, 0.717) is 11.3 Å². The SMILES string of the molecule is CC(CCc1ccccc1)NC(=O)c1ncoc1-c1ccc(F)cc1. The number of hydrogen-bond acceptors (Lipinski definition) is 3. The fraction of sp³-hybridized carbons (Fsp3) is 0.200. The van der Waals surface area contributed by atoms with Crippen molar-refractivity contribution in [3.63, 3.8) is 0 Å². The summed E-state index contributed by atoms with van der Waals surface area (Å²) < 4.78 is 18.4. The van der Waals surface area contributed by atoms with Crippen LogP contribution in [0.5, 0.6) is 0 Å². The molecule has 0 aliphatic carbocycles. The molecule has 128 valence electrons. The molecule has 0 saturated heterocycles. The fourth-order valence-corrected chi connectivity index (χ4v) is 2.61. The van der Waals surface area contributed by atoms with E-state index in [1.807, 2.05) is 25.1 Å². The first kappa shape index (κ1) is 16.9. The van der Waals surface area contributed by atoms with Crippen molar-refractivity contribution in [1.82, 2.24) is 10.3 Å². The second kappa shape index (κ2) is 7.75. The summed E-state index contributed by atoms with van der Waals surface area (Å²) in [5, 5.41) is 2.94. The highest BCUT2D eigenvalue weighted by Crippen LogP contribution is 2.23. The molecule has 0 aliphatic heterocycles. The molecule has 1 N–H and O–H groups in total. The molecular formula is C20H19FN2O2. The lowest BCUT2D eigenvalue weighted by molar-refractivity contribution is 0.0934. The van der Waals surface area contributed by atoms with Crippen molar-refractivity contribution in [1.29, 1.82) is 0 Å². The minimum absolute atomic E-state index is 0.00882. The number of aryl methyl sites for hydroxylation is 1. The number of nitrogens with one attached hydrogen (secondary N) is 1. The van der Waals surface area contributed by atoms with E-state index in [9.17, 15) is 9.18 Å². The van der Waals surface area contributed by atoms with Crippen molar-refractivity contribution in [2.24, 2.45) is 0 Å². The maximum Gasteiger partial charge on any atom is 0.274 e. The maximum absolute atomic E-state index is 13.1. The molecule has 1 amide bonds.